The second kappa shape index (κ2) is 9.07. The minimum absolute atomic E-state index is 0.0346. The average molecular weight is 469 g/mol. The highest BCUT2D eigenvalue weighted by Gasteiger charge is 2.26. The molecule has 1 aliphatic heterocycles. The van der Waals surface area contributed by atoms with Gasteiger partial charge in [0, 0.05) is 17.4 Å². The Labute approximate surface area is 204 Å². The van der Waals surface area contributed by atoms with Gasteiger partial charge in [0.05, 0.1) is 22.9 Å². The van der Waals surface area contributed by atoms with Gasteiger partial charge in [0.25, 0.3) is 5.91 Å². The number of rotatable bonds is 5. The molecule has 5 rings (SSSR count). The predicted octanol–water partition coefficient (Wildman–Crippen LogP) is 6.62. The van der Waals surface area contributed by atoms with Gasteiger partial charge in [-0.2, -0.15) is 0 Å². The van der Waals surface area contributed by atoms with Crippen LogP contribution in [0.4, 0.5) is 5.69 Å². The summed E-state index contributed by atoms with van der Waals surface area (Å²) in [5.41, 5.74) is 6.43. The van der Waals surface area contributed by atoms with Gasteiger partial charge in [0.2, 0.25) is 0 Å². The van der Waals surface area contributed by atoms with E-state index in [1.807, 2.05) is 29.2 Å². The fraction of sp³-hybridized carbons (Fsp3) is 0.241. The van der Waals surface area contributed by atoms with Crippen LogP contribution in [0.1, 0.15) is 42.5 Å². The minimum Gasteiger partial charge on any atom is -0.482 e. The van der Waals surface area contributed by atoms with E-state index in [0.717, 1.165) is 39.7 Å². The first-order valence-corrected chi connectivity index (χ1v) is 12.4. The van der Waals surface area contributed by atoms with Crippen LogP contribution in [0.25, 0.3) is 11.3 Å². The molecule has 4 nitrogen and oxygen atoms in total. The van der Waals surface area contributed by atoms with Crippen molar-refractivity contribution in [1.29, 1.82) is 0 Å². The Morgan fingerprint density at radius 1 is 0.971 bits per heavy atom. The number of amides is 1. The predicted molar refractivity (Wildman–Crippen MR) is 139 cm³/mol. The van der Waals surface area contributed by atoms with Crippen LogP contribution in [0.15, 0.2) is 78.2 Å². The Balaban J connectivity index is 1.40. The molecule has 0 saturated heterocycles. The second-order valence-corrected chi connectivity index (χ2v) is 10.6. The van der Waals surface area contributed by atoms with E-state index >= 15 is 0 Å². The molecule has 0 spiro atoms. The minimum atomic E-state index is -0.0346. The standard InChI is InChI=1S/C29H28N2O2S/c1-29(2,3)23-12-9-21(10-13-23)17-31-25-16-22(11-14-26(25)33-18-28(31)32)24-19-34-27(30-24)15-20-7-5-4-6-8-20/h4-14,16,19H,15,17-18H2,1-3H3. The maximum Gasteiger partial charge on any atom is 0.265 e. The van der Waals surface area contributed by atoms with Crippen molar-refractivity contribution in [2.75, 3.05) is 11.5 Å². The Morgan fingerprint density at radius 2 is 1.74 bits per heavy atom. The van der Waals surface area contributed by atoms with Gasteiger partial charge in [-0.05, 0) is 40.3 Å². The lowest BCUT2D eigenvalue weighted by molar-refractivity contribution is -0.121. The smallest absolute Gasteiger partial charge is 0.265 e. The van der Waals surface area contributed by atoms with Crippen molar-refractivity contribution in [1.82, 2.24) is 4.98 Å². The van der Waals surface area contributed by atoms with E-state index in [1.54, 1.807) is 11.3 Å². The molecular weight excluding hydrogens is 440 g/mol. The summed E-state index contributed by atoms with van der Waals surface area (Å²) in [4.78, 5) is 19.5. The van der Waals surface area contributed by atoms with E-state index < -0.39 is 0 Å². The lowest BCUT2D eigenvalue weighted by Crippen LogP contribution is -2.38. The molecule has 1 amide bonds. The fourth-order valence-corrected chi connectivity index (χ4v) is 4.96. The van der Waals surface area contributed by atoms with Crippen molar-refractivity contribution in [3.8, 4) is 17.0 Å². The van der Waals surface area contributed by atoms with Crippen LogP contribution >= 0.6 is 11.3 Å². The number of carbonyl (C=O) groups is 1. The molecular formula is C29H28N2O2S. The first-order chi connectivity index (χ1) is 16.4. The number of carbonyl (C=O) groups excluding carboxylic acids is 1. The average Bonchev–Trinajstić information content (AvgIpc) is 3.29. The first-order valence-electron chi connectivity index (χ1n) is 11.5. The fourth-order valence-electron chi connectivity index (χ4n) is 4.12. The van der Waals surface area contributed by atoms with Crippen LogP contribution in [0.2, 0.25) is 0 Å². The quantitative estimate of drug-likeness (QED) is 0.330. The molecule has 34 heavy (non-hydrogen) atoms. The molecule has 1 aromatic heterocycles. The van der Waals surface area contributed by atoms with Gasteiger partial charge in [-0.25, -0.2) is 4.98 Å². The summed E-state index contributed by atoms with van der Waals surface area (Å²) < 4.78 is 5.73. The summed E-state index contributed by atoms with van der Waals surface area (Å²) >= 11 is 1.66. The number of thiazole rings is 1. The Hall–Kier alpha value is -3.44. The third-order valence-corrected chi connectivity index (χ3v) is 6.96. The maximum atomic E-state index is 12.8. The number of ether oxygens (including phenoxy) is 1. The van der Waals surface area contributed by atoms with Crippen LogP contribution in [0.5, 0.6) is 5.75 Å². The number of hydrogen-bond acceptors (Lipinski definition) is 4. The Morgan fingerprint density at radius 3 is 2.47 bits per heavy atom. The van der Waals surface area contributed by atoms with Crippen LogP contribution in [0, 0.1) is 0 Å². The molecule has 0 radical (unpaired) electrons. The van der Waals surface area contributed by atoms with Crippen LogP contribution < -0.4 is 9.64 Å². The van der Waals surface area contributed by atoms with E-state index in [9.17, 15) is 4.79 Å². The number of aromatic nitrogens is 1. The van der Waals surface area contributed by atoms with Crippen molar-refractivity contribution >= 4 is 22.9 Å². The summed E-state index contributed by atoms with van der Waals surface area (Å²) in [6, 6.07) is 24.9. The maximum absolute atomic E-state index is 12.8. The van der Waals surface area contributed by atoms with Gasteiger partial charge in [-0.1, -0.05) is 75.4 Å². The molecule has 172 valence electrons. The van der Waals surface area contributed by atoms with Crippen molar-refractivity contribution in [2.24, 2.45) is 0 Å². The largest absolute Gasteiger partial charge is 0.482 e. The van der Waals surface area contributed by atoms with Gasteiger partial charge in [0.1, 0.15) is 5.75 Å². The molecule has 4 aromatic rings. The van der Waals surface area contributed by atoms with Crippen molar-refractivity contribution in [2.45, 2.75) is 39.2 Å². The number of fused-ring (bicyclic) bond motifs is 1. The highest BCUT2D eigenvalue weighted by Crippen LogP contribution is 2.37. The molecule has 0 unspecified atom stereocenters. The zero-order valence-corrected chi connectivity index (χ0v) is 20.6. The molecule has 5 heteroatoms. The lowest BCUT2D eigenvalue weighted by Gasteiger charge is -2.30. The summed E-state index contributed by atoms with van der Waals surface area (Å²) in [6.45, 7) is 7.18. The van der Waals surface area contributed by atoms with Crippen LogP contribution in [-0.4, -0.2) is 17.5 Å². The van der Waals surface area contributed by atoms with Gasteiger partial charge >= 0.3 is 0 Å². The summed E-state index contributed by atoms with van der Waals surface area (Å²) in [5, 5.41) is 3.16. The van der Waals surface area contributed by atoms with Gasteiger partial charge < -0.3 is 9.64 Å². The van der Waals surface area contributed by atoms with E-state index in [4.69, 9.17) is 9.72 Å². The van der Waals surface area contributed by atoms with E-state index in [0.29, 0.717) is 6.54 Å². The molecule has 0 N–H and O–H groups in total. The topological polar surface area (TPSA) is 42.4 Å². The number of anilines is 1. The van der Waals surface area contributed by atoms with Crippen LogP contribution in [0.3, 0.4) is 0 Å². The molecule has 0 fully saturated rings. The van der Waals surface area contributed by atoms with Crippen molar-refractivity contribution < 1.29 is 9.53 Å². The van der Waals surface area contributed by atoms with Gasteiger partial charge in [0.15, 0.2) is 6.61 Å². The zero-order valence-electron chi connectivity index (χ0n) is 19.7. The molecule has 0 saturated carbocycles. The highest BCUT2D eigenvalue weighted by molar-refractivity contribution is 7.10. The zero-order chi connectivity index (χ0) is 23.7. The Kier molecular flexibility index (Phi) is 5.96. The normalized spacial score (nSPS) is 13.5. The molecule has 0 aliphatic carbocycles. The van der Waals surface area contributed by atoms with Crippen LogP contribution in [-0.2, 0) is 23.2 Å². The second-order valence-electron chi connectivity index (χ2n) is 9.69. The first kappa shape index (κ1) is 22.4. The molecule has 0 bridgehead atoms. The van der Waals surface area contributed by atoms with Crippen molar-refractivity contribution in [3.63, 3.8) is 0 Å². The number of hydrogen-bond donors (Lipinski definition) is 0. The molecule has 1 aliphatic rings. The highest BCUT2D eigenvalue weighted by atomic mass is 32.1. The molecule has 0 atom stereocenters. The summed E-state index contributed by atoms with van der Waals surface area (Å²) in [7, 11) is 0. The molecule has 3 aromatic carbocycles. The van der Waals surface area contributed by atoms with Gasteiger partial charge in [-0.15, -0.1) is 11.3 Å². The van der Waals surface area contributed by atoms with E-state index in [-0.39, 0.29) is 17.9 Å². The van der Waals surface area contributed by atoms with Crippen molar-refractivity contribution in [3.05, 3.63) is 99.9 Å². The van der Waals surface area contributed by atoms with E-state index in [1.165, 1.54) is 11.1 Å². The monoisotopic (exact) mass is 468 g/mol. The lowest BCUT2D eigenvalue weighted by atomic mass is 9.87. The third-order valence-electron chi connectivity index (χ3n) is 6.11. The van der Waals surface area contributed by atoms with Gasteiger partial charge in [-0.3, -0.25) is 4.79 Å². The third kappa shape index (κ3) is 4.75. The summed E-state index contributed by atoms with van der Waals surface area (Å²) in [6.07, 6.45) is 0.814. The summed E-state index contributed by atoms with van der Waals surface area (Å²) in [5.74, 6) is 0.696. The van der Waals surface area contributed by atoms with E-state index in [2.05, 4.69) is 74.7 Å². The molecule has 2 heterocycles. The number of nitrogens with zero attached hydrogens (tertiary/aromatic N) is 2. The SMILES string of the molecule is CC(C)(C)c1ccc(CN2C(=O)COc3ccc(-c4csc(Cc5ccccc5)n4)cc32)cc1. The number of benzene rings is 3. The Bertz CT molecular complexity index is 1300.